The molecule has 0 radical (unpaired) electrons. The number of hydrogen-bond acceptors (Lipinski definition) is 4. The fraction of sp³-hybridized carbons (Fsp3) is 0.200. The van der Waals surface area contributed by atoms with E-state index >= 15 is 0 Å². The molecule has 82 valence electrons. The summed E-state index contributed by atoms with van der Waals surface area (Å²) in [7, 11) is 0. The fourth-order valence-electron chi connectivity index (χ4n) is 1.39. The Hall–Kier alpha value is -2.24. The Kier molecular flexibility index (Phi) is 2.63. The second-order valence-electron chi connectivity index (χ2n) is 3.26. The van der Waals surface area contributed by atoms with Gasteiger partial charge in [-0.25, -0.2) is 9.80 Å². The molecule has 1 aromatic rings. The second kappa shape index (κ2) is 4.09. The number of carbonyl (C=O) groups excluding carboxylic acids is 1. The van der Waals surface area contributed by atoms with Crippen LogP contribution in [0.3, 0.4) is 0 Å². The molecule has 0 bridgehead atoms. The van der Waals surface area contributed by atoms with E-state index in [-0.39, 0.29) is 24.5 Å². The molecule has 0 aliphatic carbocycles. The van der Waals surface area contributed by atoms with Crippen LogP contribution in [0.5, 0.6) is 0 Å². The first-order valence-corrected chi connectivity index (χ1v) is 4.72. The number of aromatic nitrogens is 1. The average Bonchev–Trinajstić information content (AvgIpc) is 2.30. The van der Waals surface area contributed by atoms with Gasteiger partial charge in [-0.3, -0.25) is 9.78 Å². The van der Waals surface area contributed by atoms with Crippen LogP contribution in [0.15, 0.2) is 29.6 Å². The van der Waals surface area contributed by atoms with Crippen molar-refractivity contribution >= 4 is 23.3 Å². The normalized spacial score (nSPS) is 15.9. The van der Waals surface area contributed by atoms with Crippen LogP contribution in [-0.2, 0) is 9.59 Å². The van der Waals surface area contributed by atoms with Crippen molar-refractivity contribution in [1.82, 2.24) is 4.98 Å². The molecule has 6 nitrogen and oxygen atoms in total. The second-order valence-corrected chi connectivity index (χ2v) is 3.26. The van der Waals surface area contributed by atoms with Crippen molar-refractivity contribution in [2.45, 2.75) is 12.8 Å². The molecular formula is C10H9N3O3. The van der Waals surface area contributed by atoms with Gasteiger partial charge in [-0.2, -0.15) is 5.10 Å². The Morgan fingerprint density at radius 2 is 2.00 bits per heavy atom. The van der Waals surface area contributed by atoms with Crippen LogP contribution in [0.1, 0.15) is 12.8 Å². The zero-order valence-corrected chi connectivity index (χ0v) is 8.33. The molecule has 1 aromatic heterocycles. The molecular weight excluding hydrogens is 210 g/mol. The largest absolute Gasteiger partial charge is 0.477 e. The topological polar surface area (TPSA) is 82.9 Å². The zero-order valence-electron chi connectivity index (χ0n) is 8.33. The quantitative estimate of drug-likeness (QED) is 0.791. The third-order valence-corrected chi connectivity index (χ3v) is 2.19. The summed E-state index contributed by atoms with van der Waals surface area (Å²) in [5.74, 6) is -1.30. The maximum absolute atomic E-state index is 11.6. The van der Waals surface area contributed by atoms with Gasteiger partial charge >= 0.3 is 5.97 Å². The molecule has 0 unspecified atom stereocenters. The first-order valence-electron chi connectivity index (χ1n) is 4.72. The molecule has 0 saturated heterocycles. The van der Waals surface area contributed by atoms with Gasteiger partial charge in [0.25, 0.3) is 0 Å². The third kappa shape index (κ3) is 1.90. The van der Waals surface area contributed by atoms with Crippen LogP contribution in [0.4, 0.5) is 5.69 Å². The number of carboxylic acids is 1. The number of carbonyl (C=O) groups is 2. The van der Waals surface area contributed by atoms with Crippen molar-refractivity contribution in [3.8, 4) is 0 Å². The summed E-state index contributed by atoms with van der Waals surface area (Å²) in [5, 5.41) is 13.7. The summed E-state index contributed by atoms with van der Waals surface area (Å²) in [6.45, 7) is 0. The molecule has 0 aromatic carbocycles. The Morgan fingerprint density at radius 1 is 1.31 bits per heavy atom. The van der Waals surface area contributed by atoms with Crippen LogP contribution in [0.25, 0.3) is 0 Å². The van der Waals surface area contributed by atoms with E-state index < -0.39 is 5.97 Å². The van der Waals surface area contributed by atoms with Gasteiger partial charge in [0, 0.05) is 25.2 Å². The van der Waals surface area contributed by atoms with Crippen molar-refractivity contribution in [2.24, 2.45) is 5.10 Å². The monoisotopic (exact) mass is 219 g/mol. The van der Waals surface area contributed by atoms with Crippen molar-refractivity contribution in [2.75, 3.05) is 5.01 Å². The Bertz CT molecular complexity index is 456. The standard InChI is InChI=1S/C10H9N3O3/c14-9-2-1-8(10(15)16)12-13(9)7-3-5-11-6-4-7/h3-6H,1-2H2,(H,15,16). The lowest BCUT2D eigenvalue weighted by Gasteiger charge is -2.21. The number of rotatable bonds is 2. The van der Waals surface area contributed by atoms with E-state index in [4.69, 9.17) is 5.11 Å². The Labute approximate surface area is 91.2 Å². The summed E-state index contributed by atoms with van der Waals surface area (Å²) in [4.78, 5) is 26.1. The molecule has 0 atom stereocenters. The van der Waals surface area contributed by atoms with E-state index in [1.54, 1.807) is 12.1 Å². The number of anilines is 1. The third-order valence-electron chi connectivity index (χ3n) is 2.19. The van der Waals surface area contributed by atoms with Crippen LogP contribution in [0, 0.1) is 0 Å². The minimum Gasteiger partial charge on any atom is -0.477 e. The Morgan fingerprint density at radius 3 is 2.62 bits per heavy atom. The smallest absolute Gasteiger partial charge is 0.352 e. The molecule has 1 amide bonds. The highest BCUT2D eigenvalue weighted by Crippen LogP contribution is 2.18. The number of nitrogens with zero attached hydrogens (tertiary/aromatic N) is 3. The predicted molar refractivity (Wildman–Crippen MR) is 56.0 cm³/mol. The zero-order chi connectivity index (χ0) is 11.5. The average molecular weight is 219 g/mol. The summed E-state index contributed by atoms with van der Waals surface area (Å²) >= 11 is 0. The summed E-state index contributed by atoms with van der Waals surface area (Å²) in [6.07, 6.45) is 3.38. The number of pyridine rings is 1. The molecule has 16 heavy (non-hydrogen) atoms. The SMILES string of the molecule is O=C(O)C1=NN(c2ccncc2)C(=O)CC1. The molecule has 1 N–H and O–H groups in total. The minimum absolute atomic E-state index is 0.00332. The van der Waals surface area contributed by atoms with Crippen molar-refractivity contribution < 1.29 is 14.7 Å². The van der Waals surface area contributed by atoms with E-state index in [2.05, 4.69) is 10.1 Å². The van der Waals surface area contributed by atoms with Gasteiger partial charge in [0.05, 0.1) is 5.69 Å². The van der Waals surface area contributed by atoms with E-state index in [0.29, 0.717) is 5.69 Å². The molecule has 1 aliphatic rings. The number of aliphatic carboxylic acids is 1. The van der Waals surface area contributed by atoms with Crippen LogP contribution in [-0.4, -0.2) is 27.7 Å². The summed E-state index contributed by atoms with van der Waals surface area (Å²) in [5.41, 5.74) is 0.523. The van der Waals surface area contributed by atoms with Gasteiger partial charge in [-0.1, -0.05) is 0 Å². The molecule has 1 aliphatic heterocycles. The highest BCUT2D eigenvalue weighted by Gasteiger charge is 2.24. The molecule has 0 saturated carbocycles. The highest BCUT2D eigenvalue weighted by atomic mass is 16.4. The van der Waals surface area contributed by atoms with Crippen LogP contribution < -0.4 is 5.01 Å². The van der Waals surface area contributed by atoms with E-state index in [0.717, 1.165) is 5.01 Å². The van der Waals surface area contributed by atoms with E-state index in [1.165, 1.54) is 12.4 Å². The number of carboxylic acid groups (broad SMARTS) is 1. The van der Waals surface area contributed by atoms with Gasteiger partial charge in [0.1, 0.15) is 5.71 Å². The lowest BCUT2D eigenvalue weighted by molar-refractivity contribution is -0.129. The lowest BCUT2D eigenvalue weighted by atomic mass is 10.1. The van der Waals surface area contributed by atoms with Gasteiger partial charge in [0.2, 0.25) is 5.91 Å². The summed E-state index contributed by atoms with van der Waals surface area (Å²) < 4.78 is 0. The maximum Gasteiger partial charge on any atom is 0.352 e. The first-order chi connectivity index (χ1) is 7.68. The van der Waals surface area contributed by atoms with Gasteiger partial charge in [-0.05, 0) is 12.1 Å². The van der Waals surface area contributed by atoms with E-state index in [9.17, 15) is 9.59 Å². The number of hydrazone groups is 1. The lowest BCUT2D eigenvalue weighted by Crippen LogP contribution is -2.34. The molecule has 2 heterocycles. The van der Waals surface area contributed by atoms with E-state index in [1.807, 2.05) is 0 Å². The predicted octanol–water partition coefficient (Wildman–Crippen LogP) is 0.649. The minimum atomic E-state index is -1.09. The first kappa shape index (κ1) is 10.3. The maximum atomic E-state index is 11.6. The van der Waals surface area contributed by atoms with Crippen molar-refractivity contribution in [1.29, 1.82) is 0 Å². The summed E-state index contributed by atoms with van der Waals surface area (Å²) in [6, 6.07) is 3.21. The van der Waals surface area contributed by atoms with Crippen LogP contribution in [0.2, 0.25) is 0 Å². The number of amides is 1. The van der Waals surface area contributed by atoms with Gasteiger partial charge in [0.15, 0.2) is 0 Å². The van der Waals surface area contributed by atoms with Gasteiger partial charge in [-0.15, -0.1) is 0 Å². The molecule has 2 rings (SSSR count). The molecule has 0 fully saturated rings. The van der Waals surface area contributed by atoms with Crippen LogP contribution >= 0.6 is 0 Å². The molecule has 6 heteroatoms. The highest BCUT2D eigenvalue weighted by molar-refractivity contribution is 6.37. The number of hydrogen-bond donors (Lipinski definition) is 1. The Balaban J connectivity index is 2.35. The fourth-order valence-corrected chi connectivity index (χ4v) is 1.39. The van der Waals surface area contributed by atoms with Crippen molar-refractivity contribution in [3.63, 3.8) is 0 Å². The molecule has 0 spiro atoms. The van der Waals surface area contributed by atoms with Crippen molar-refractivity contribution in [3.05, 3.63) is 24.5 Å². The van der Waals surface area contributed by atoms with Gasteiger partial charge < -0.3 is 5.11 Å².